The number of rotatable bonds is 6. The molecule has 0 radical (unpaired) electrons. The van der Waals surface area contributed by atoms with Gasteiger partial charge >= 0.3 is 0 Å². The van der Waals surface area contributed by atoms with E-state index in [2.05, 4.69) is 20.6 Å². The monoisotopic (exact) mass is 429 g/mol. The highest BCUT2D eigenvalue weighted by Gasteiger charge is 2.18. The third-order valence-electron chi connectivity index (χ3n) is 5.13. The average Bonchev–Trinajstić information content (AvgIpc) is 3.25. The normalized spacial score (nSPS) is 17.1. The van der Waals surface area contributed by atoms with E-state index in [4.69, 9.17) is 11.6 Å². The molecule has 0 spiro atoms. The van der Waals surface area contributed by atoms with Crippen molar-refractivity contribution < 1.29 is 9.50 Å². The summed E-state index contributed by atoms with van der Waals surface area (Å²) in [5.41, 5.74) is 1.36. The maximum Gasteiger partial charge on any atom is 0.251 e. The van der Waals surface area contributed by atoms with E-state index < -0.39 is 11.9 Å². The Kier molecular flexibility index (Phi) is 6.08. The smallest absolute Gasteiger partial charge is 0.251 e. The van der Waals surface area contributed by atoms with Gasteiger partial charge in [0.05, 0.1) is 23.4 Å². The van der Waals surface area contributed by atoms with E-state index in [1.54, 1.807) is 30.6 Å². The number of aromatic nitrogens is 3. The quantitative estimate of drug-likeness (QED) is 0.557. The van der Waals surface area contributed by atoms with E-state index in [-0.39, 0.29) is 23.2 Å². The number of nitrogens with zero attached hydrogens (tertiary/aromatic N) is 3. The van der Waals surface area contributed by atoms with Crippen LogP contribution in [-0.2, 0) is 0 Å². The SMILES string of the molecule is O=c1cc(-c2ccnc(NC3CCNC3)n2)ccn1C(CO)c1ccc(Cl)c(F)c1. The van der Waals surface area contributed by atoms with Gasteiger partial charge in [-0.05, 0) is 42.8 Å². The van der Waals surface area contributed by atoms with E-state index in [0.717, 1.165) is 19.5 Å². The van der Waals surface area contributed by atoms with Crippen molar-refractivity contribution in [1.29, 1.82) is 0 Å². The van der Waals surface area contributed by atoms with E-state index in [0.29, 0.717) is 22.8 Å². The standard InChI is InChI=1S/C21H21ClFN5O2/c22-16-2-1-14(9-17(16)23)19(12-29)28-8-5-13(10-20(28)30)18-4-7-25-21(27-18)26-15-3-6-24-11-15/h1-2,4-5,7-10,15,19,24,29H,3,6,11-12H2,(H,25,26,27). The van der Waals surface area contributed by atoms with E-state index in [1.807, 2.05) is 0 Å². The van der Waals surface area contributed by atoms with Gasteiger partial charge in [0.1, 0.15) is 5.82 Å². The van der Waals surface area contributed by atoms with Gasteiger partial charge in [-0.3, -0.25) is 4.79 Å². The number of anilines is 1. The first-order chi connectivity index (χ1) is 14.5. The molecule has 1 saturated heterocycles. The lowest BCUT2D eigenvalue weighted by molar-refractivity contribution is 0.247. The Morgan fingerprint density at radius 3 is 2.90 bits per heavy atom. The topological polar surface area (TPSA) is 92.1 Å². The Hall–Kier alpha value is -2.81. The van der Waals surface area contributed by atoms with Gasteiger partial charge < -0.3 is 20.3 Å². The number of nitrogens with one attached hydrogen (secondary N) is 2. The van der Waals surface area contributed by atoms with Gasteiger partial charge in [-0.2, -0.15) is 0 Å². The van der Waals surface area contributed by atoms with Crippen molar-refractivity contribution >= 4 is 17.5 Å². The van der Waals surface area contributed by atoms with E-state index in [1.165, 1.54) is 22.8 Å². The predicted molar refractivity (Wildman–Crippen MR) is 113 cm³/mol. The second-order valence-electron chi connectivity index (χ2n) is 7.13. The largest absolute Gasteiger partial charge is 0.394 e. The minimum atomic E-state index is -0.726. The molecular weight excluding hydrogens is 409 g/mol. The zero-order valence-electron chi connectivity index (χ0n) is 16.1. The van der Waals surface area contributed by atoms with E-state index in [9.17, 15) is 14.3 Å². The van der Waals surface area contributed by atoms with Crippen LogP contribution in [0.15, 0.2) is 53.6 Å². The van der Waals surface area contributed by atoms with Crippen molar-refractivity contribution in [3.63, 3.8) is 0 Å². The number of pyridine rings is 1. The highest BCUT2D eigenvalue weighted by Crippen LogP contribution is 2.23. The van der Waals surface area contributed by atoms with Crippen molar-refractivity contribution in [1.82, 2.24) is 19.9 Å². The zero-order valence-corrected chi connectivity index (χ0v) is 16.8. The van der Waals surface area contributed by atoms with Crippen molar-refractivity contribution in [2.75, 3.05) is 25.0 Å². The molecule has 1 aliphatic heterocycles. The van der Waals surface area contributed by atoms with Crippen LogP contribution in [0.4, 0.5) is 10.3 Å². The molecule has 3 aromatic rings. The van der Waals surface area contributed by atoms with Gasteiger partial charge in [-0.25, -0.2) is 14.4 Å². The highest BCUT2D eigenvalue weighted by molar-refractivity contribution is 6.30. The molecule has 30 heavy (non-hydrogen) atoms. The van der Waals surface area contributed by atoms with E-state index >= 15 is 0 Å². The van der Waals surface area contributed by atoms with Gasteiger partial charge in [0, 0.05) is 36.6 Å². The van der Waals surface area contributed by atoms with Crippen molar-refractivity contribution in [2.45, 2.75) is 18.5 Å². The molecule has 0 aliphatic carbocycles. The predicted octanol–water partition coefficient (Wildman–Crippen LogP) is 2.45. The van der Waals surface area contributed by atoms with Crippen LogP contribution in [0, 0.1) is 5.82 Å². The molecule has 2 unspecified atom stereocenters. The summed E-state index contributed by atoms with van der Waals surface area (Å²) in [7, 11) is 0. The fourth-order valence-electron chi connectivity index (χ4n) is 3.53. The summed E-state index contributed by atoms with van der Waals surface area (Å²) >= 11 is 5.73. The molecule has 9 heteroatoms. The second-order valence-corrected chi connectivity index (χ2v) is 7.54. The second kappa shape index (κ2) is 8.91. The third-order valence-corrected chi connectivity index (χ3v) is 5.44. The van der Waals surface area contributed by atoms with Crippen LogP contribution >= 0.6 is 11.6 Å². The minimum absolute atomic E-state index is 0.0142. The van der Waals surface area contributed by atoms with Crippen LogP contribution in [0.2, 0.25) is 5.02 Å². The van der Waals surface area contributed by atoms with Gasteiger partial charge in [0.25, 0.3) is 5.56 Å². The van der Waals surface area contributed by atoms with Crippen LogP contribution in [0.3, 0.4) is 0 Å². The lowest BCUT2D eigenvalue weighted by atomic mass is 10.1. The number of benzene rings is 1. The summed E-state index contributed by atoms with van der Waals surface area (Å²) in [6, 6.07) is 8.68. The molecule has 3 N–H and O–H groups in total. The van der Waals surface area contributed by atoms with Crippen molar-refractivity contribution in [3.05, 3.63) is 75.5 Å². The summed E-state index contributed by atoms with van der Waals surface area (Å²) in [4.78, 5) is 21.5. The third kappa shape index (κ3) is 4.35. The Bertz CT molecular complexity index is 1100. The molecule has 3 heterocycles. The van der Waals surface area contributed by atoms with Crippen LogP contribution < -0.4 is 16.2 Å². The maximum atomic E-state index is 13.8. The number of halogens is 2. The lowest BCUT2D eigenvalue weighted by Gasteiger charge is -2.19. The highest BCUT2D eigenvalue weighted by atomic mass is 35.5. The van der Waals surface area contributed by atoms with Gasteiger partial charge in [-0.15, -0.1) is 0 Å². The summed E-state index contributed by atoms with van der Waals surface area (Å²) in [5.74, 6) is -0.0917. The molecule has 7 nitrogen and oxygen atoms in total. The fourth-order valence-corrected chi connectivity index (χ4v) is 3.65. The van der Waals surface area contributed by atoms with Crippen molar-refractivity contribution in [2.24, 2.45) is 0 Å². The first-order valence-corrected chi connectivity index (χ1v) is 10.0. The zero-order chi connectivity index (χ0) is 21.1. The molecule has 2 aromatic heterocycles. The number of hydrogen-bond acceptors (Lipinski definition) is 6. The van der Waals surface area contributed by atoms with Crippen molar-refractivity contribution in [3.8, 4) is 11.3 Å². The molecule has 1 fully saturated rings. The summed E-state index contributed by atoms with van der Waals surface area (Å²) in [6.45, 7) is 1.45. The molecule has 1 aliphatic rings. The van der Waals surface area contributed by atoms with Gasteiger partial charge in [-0.1, -0.05) is 17.7 Å². The average molecular weight is 430 g/mol. The van der Waals surface area contributed by atoms with Gasteiger partial charge in [0.2, 0.25) is 5.95 Å². The van der Waals surface area contributed by atoms with Crippen LogP contribution in [-0.4, -0.2) is 45.4 Å². The fraction of sp³-hybridized carbons (Fsp3) is 0.286. The van der Waals surface area contributed by atoms with Crippen LogP contribution in [0.25, 0.3) is 11.3 Å². The molecule has 0 saturated carbocycles. The Labute approximate surface area is 177 Å². The van der Waals surface area contributed by atoms with Crippen LogP contribution in [0.5, 0.6) is 0 Å². The Balaban J connectivity index is 1.61. The molecule has 4 rings (SSSR count). The summed E-state index contributed by atoms with van der Waals surface area (Å²) in [6.07, 6.45) is 4.21. The summed E-state index contributed by atoms with van der Waals surface area (Å²) in [5, 5.41) is 16.4. The maximum absolute atomic E-state index is 13.8. The molecule has 0 amide bonds. The molecule has 2 atom stereocenters. The number of aliphatic hydroxyl groups excluding tert-OH is 1. The number of hydrogen-bond donors (Lipinski definition) is 3. The van der Waals surface area contributed by atoms with Gasteiger partial charge in [0.15, 0.2) is 0 Å². The lowest BCUT2D eigenvalue weighted by Crippen LogP contribution is -2.27. The first-order valence-electron chi connectivity index (χ1n) is 9.64. The van der Waals surface area contributed by atoms with Crippen LogP contribution in [0.1, 0.15) is 18.0 Å². The Morgan fingerprint density at radius 2 is 2.20 bits per heavy atom. The minimum Gasteiger partial charge on any atom is -0.394 e. The number of aliphatic hydroxyl groups is 1. The summed E-state index contributed by atoms with van der Waals surface area (Å²) < 4.78 is 15.2. The molecule has 0 bridgehead atoms. The molecule has 1 aromatic carbocycles. The molecular formula is C21H21ClFN5O2. The molecule has 156 valence electrons. The Morgan fingerprint density at radius 1 is 1.33 bits per heavy atom. The first kappa shape index (κ1) is 20.5.